The molecule has 3 N–H and O–H groups in total. The third-order valence-electron chi connectivity index (χ3n) is 2.88. The van der Waals surface area contributed by atoms with Crippen molar-refractivity contribution in [2.45, 2.75) is 25.8 Å². The van der Waals surface area contributed by atoms with Crippen LogP contribution in [0.4, 0.5) is 0 Å². The van der Waals surface area contributed by atoms with E-state index in [1.165, 1.54) is 11.5 Å². The van der Waals surface area contributed by atoms with Crippen molar-refractivity contribution in [2.75, 3.05) is 0 Å². The monoisotopic (exact) mass is 316 g/mol. The molecular formula is C12H14Cl2N4S. The molecule has 19 heavy (non-hydrogen) atoms. The number of rotatable bonds is 5. The normalized spacial score (nSPS) is 12.6. The van der Waals surface area contributed by atoms with Gasteiger partial charge in [0.05, 0.1) is 16.6 Å². The average molecular weight is 317 g/mol. The van der Waals surface area contributed by atoms with Crippen molar-refractivity contribution in [3.05, 3.63) is 44.4 Å². The predicted molar refractivity (Wildman–Crippen MR) is 79.5 cm³/mol. The largest absolute Gasteiger partial charge is 0.271 e. The third-order valence-corrected chi connectivity index (χ3v) is 4.34. The van der Waals surface area contributed by atoms with Gasteiger partial charge in [0.1, 0.15) is 0 Å². The van der Waals surface area contributed by atoms with Gasteiger partial charge in [0.2, 0.25) is 0 Å². The molecule has 1 unspecified atom stereocenters. The molecular weight excluding hydrogens is 303 g/mol. The Labute approximate surface area is 126 Å². The molecule has 0 aliphatic carbocycles. The van der Waals surface area contributed by atoms with E-state index < -0.39 is 0 Å². The number of hydrogen-bond donors (Lipinski definition) is 2. The molecule has 7 heteroatoms. The van der Waals surface area contributed by atoms with E-state index in [9.17, 15) is 0 Å². The van der Waals surface area contributed by atoms with Crippen LogP contribution in [0.3, 0.4) is 0 Å². The van der Waals surface area contributed by atoms with Gasteiger partial charge in [0.15, 0.2) is 0 Å². The highest BCUT2D eigenvalue weighted by molar-refractivity contribution is 7.05. The average Bonchev–Trinajstić information content (AvgIpc) is 2.86. The first kappa shape index (κ1) is 14.7. The maximum Gasteiger partial charge on any atom is 0.0801 e. The molecule has 102 valence electrons. The Hall–Kier alpha value is -0.720. The summed E-state index contributed by atoms with van der Waals surface area (Å²) in [7, 11) is 0. The summed E-state index contributed by atoms with van der Waals surface area (Å²) in [5.74, 6) is 5.65. The van der Waals surface area contributed by atoms with E-state index in [2.05, 4.69) is 15.0 Å². The third kappa shape index (κ3) is 3.43. The van der Waals surface area contributed by atoms with Crippen molar-refractivity contribution in [1.82, 2.24) is 15.0 Å². The van der Waals surface area contributed by atoms with E-state index in [-0.39, 0.29) is 6.04 Å². The molecule has 0 saturated heterocycles. The minimum atomic E-state index is -0.0476. The number of aryl methyl sites for hydroxylation is 1. The molecule has 0 aliphatic heterocycles. The summed E-state index contributed by atoms with van der Waals surface area (Å²) < 4.78 is 3.98. The van der Waals surface area contributed by atoms with Crippen LogP contribution in [0.15, 0.2) is 18.2 Å². The van der Waals surface area contributed by atoms with Gasteiger partial charge in [-0.25, -0.2) is 0 Å². The molecule has 4 nitrogen and oxygen atoms in total. The Kier molecular flexibility index (Phi) is 5.13. The Morgan fingerprint density at radius 3 is 2.84 bits per heavy atom. The number of nitrogens with two attached hydrogens (primary N) is 1. The van der Waals surface area contributed by atoms with Gasteiger partial charge in [0.25, 0.3) is 0 Å². The lowest BCUT2D eigenvalue weighted by molar-refractivity contribution is 0.555. The number of nitrogens with one attached hydrogen (secondary N) is 1. The zero-order chi connectivity index (χ0) is 13.8. The second-order valence-electron chi connectivity index (χ2n) is 4.10. The van der Waals surface area contributed by atoms with Gasteiger partial charge >= 0.3 is 0 Å². The number of halogens is 2. The van der Waals surface area contributed by atoms with Crippen molar-refractivity contribution >= 4 is 34.7 Å². The molecule has 0 amide bonds. The molecule has 1 heterocycles. The number of aromatic nitrogens is 2. The second-order valence-corrected chi connectivity index (χ2v) is 5.73. The van der Waals surface area contributed by atoms with Gasteiger partial charge in [0, 0.05) is 10.0 Å². The van der Waals surface area contributed by atoms with E-state index in [1.807, 2.05) is 19.1 Å². The standard InChI is InChI=1S/C12H14Cl2N4S/c1-2-10-12(19-18-17-10)11(16-15)5-7-3-4-8(13)6-9(7)14/h3-4,6,11,16H,2,5,15H2,1H3. The lowest BCUT2D eigenvalue weighted by Gasteiger charge is -2.15. The van der Waals surface area contributed by atoms with E-state index >= 15 is 0 Å². The van der Waals surface area contributed by atoms with Crippen molar-refractivity contribution in [2.24, 2.45) is 5.84 Å². The minimum Gasteiger partial charge on any atom is -0.271 e. The molecule has 1 aromatic carbocycles. The SMILES string of the molecule is CCc1nnsc1C(Cc1ccc(Cl)cc1Cl)NN. The molecule has 0 aliphatic rings. The summed E-state index contributed by atoms with van der Waals surface area (Å²) in [6.07, 6.45) is 1.50. The van der Waals surface area contributed by atoms with Gasteiger partial charge < -0.3 is 0 Å². The van der Waals surface area contributed by atoms with Gasteiger partial charge in [-0.1, -0.05) is 40.7 Å². The molecule has 2 aromatic rings. The van der Waals surface area contributed by atoms with E-state index in [1.54, 1.807) is 6.07 Å². The zero-order valence-electron chi connectivity index (χ0n) is 10.4. The molecule has 1 aromatic heterocycles. The van der Waals surface area contributed by atoms with Crippen LogP contribution in [0.5, 0.6) is 0 Å². The van der Waals surface area contributed by atoms with Gasteiger partial charge in [-0.15, -0.1) is 5.10 Å². The maximum absolute atomic E-state index is 6.18. The topological polar surface area (TPSA) is 63.8 Å². The zero-order valence-corrected chi connectivity index (χ0v) is 12.7. The minimum absolute atomic E-state index is 0.0476. The summed E-state index contributed by atoms with van der Waals surface area (Å²) in [5, 5.41) is 5.37. The van der Waals surface area contributed by atoms with Crippen LogP contribution < -0.4 is 11.3 Å². The van der Waals surface area contributed by atoms with Crippen LogP contribution in [-0.4, -0.2) is 9.59 Å². The predicted octanol–water partition coefficient (Wildman–Crippen LogP) is 3.15. The van der Waals surface area contributed by atoms with E-state index in [0.29, 0.717) is 16.5 Å². The molecule has 0 bridgehead atoms. The number of benzene rings is 1. The van der Waals surface area contributed by atoms with Gasteiger partial charge in [-0.2, -0.15) is 0 Å². The quantitative estimate of drug-likeness (QED) is 0.657. The summed E-state index contributed by atoms with van der Waals surface area (Å²) in [6, 6.07) is 5.42. The van der Waals surface area contributed by atoms with Crippen LogP contribution >= 0.6 is 34.7 Å². The molecule has 1 atom stereocenters. The molecule has 0 radical (unpaired) electrons. The summed E-state index contributed by atoms with van der Waals surface area (Å²) in [5.41, 5.74) is 4.77. The van der Waals surface area contributed by atoms with Gasteiger partial charge in [-0.05, 0) is 42.1 Å². The summed E-state index contributed by atoms with van der Waals surface area (Å²) in [4.78, 5) is 1.05. The fraction of sp³-hybridized carbons (Fsp3) is 0.333. The fourth-order valence-corrected chi connectivity index (χ4v) is 3.14. The van der Waals surface area contributed by atoms with Crippen molar-refractivity contribution in [3.63, 3.8) is 0 Å². The Balaban J connectivity index is 2.24. The van der Waals surface area contributed by atoms with Crippen LogP contribution in [0.25, 0.3) is 0 Å². The molecule has 0 fully saturated rings. The number of hydrogen-bond acceptors (Lipinski definition) is 5. The summed E-state index contributed by atoms with van der Waals surface area (Å²) in [6.45, 7) is 2.04. The van der Waals surface area contributed by atoms with Crippen molar-refractivity contribution < 1.29 is 0 Å². The first-order chi connectivity index (χ1) is 9.15. The number of nitrogens with zero attached hydrogens (tertiary/aromatic N) is 2. The van der Waals surface area contributed by atoms with Crippen LogP contribution in [0, 0.1) is 0 Å². The van der Waals surface area contributed by atoms with Crippen LogP contribution in [0.2, 0.25) is 10.0 Å². The maximum atomic E-state index is 6.18. The first-order valence-electron chi connectivity index (χ1n) is 5.86. The van der Waals surface area contributed by atoms with Crippen LogP contribution in [0.1, 0.15) is 29.1 Å². The lowest BCUT2D eigenvalue weighted by atomic mass is 10.0. The Bertz CT molecular complexity index is 558. The van der Waals surface area contributed by atoms with E-state index in [0.717, 1.165) is 22.6 Å². The Morgan fingerprint density at radius 2 is 2.21 bits per heavy atom. The highest BCUT2D eigenvalue weighted by Gasteiger charge is 2.19. The Morgan fingerprint density at radius 1 is 1.42 bits per heavy atom. The molecule has 0 spiro atoms. The number of hydrazine groups is 1. The smallest absolute Gasteiger partial charge is 0.0801 e. The lowest BCUT2D eigenvalue weighted by Crippen LogP contribution is -2.29. The van der Waals surface area contributed by atoms with Crippen LogP contribution in [-0.2, 0) is 12.8 Å². The highest BCUT2D eigenvalue weighted by atomic mass is 35.5. The highest BCUT2D eigenvalue weighted by Crippen LogP contribution is 2.28. The molecule has 2 rings (SSSR count). The first-order valence-corrected chi connectivity index (χ1v) is 7.39. The van der Waals surface area contributed by atoms with Crippen molar-refractivity contribution in [1.29, 1.82) is 0 Å². The van der Waals surface area contributed by atoms with E-state index in [4.69, 9.17) is 29.0 Å². The van der Waals surface area contributed by atoms with Gasteiger partial charge in [-0.3, -0.25) is 11.3 Å². The molecule has 0 saturated carbocycles. The summed E-state index contributed by atoms with van der Waals surface area (Å²) >= 11 is 13.4. The second kappa shape index (κ2) is 6.63. The fourth-order valence-electron chi connectivity index (χ4n) is 1.86. The van der Waals surface area contributed by atoms with Crippen molar-refractivity contribution in [3.8, 4) is 0 Å².